The average Bonchev–Trinajstić information content (AvgIpc) is 1.98. The molecule has 0 saturated carbocycles. The zero-order valence-corrected chi connectivity index (χ0v) is 4.73. The average molecular weight is 123 g/mol. The molecular weight excluding hydrogens is 118 g/mol. The summed E-state index contributed by atoms with van der Waals surface area (Å²) in [6.45, 7) is 6.72. The van der Waals surface area contributed by atoms with Crippen molar-refractivity contribution in [3.05, 3.63) is 24.4 Å². The van der Waals surface area contributed by atoms with Gasteiger partial charge in [0.2, 0.25) is 0 Å². The number of rotatable bonds is 0. The van der Waals surface area contributed by atoms with Crippen molar-refractivity contribution in [1.29, 1.82) is 0 Å². The lowest BCUT2D eigenvalue weighted by molar-refractivity contribution is -0.133. The Bertz CT molecular complexity index is 203. The molecule has 0 aliphatic carbocycles. The molecule has 1 aliphatic heterocycles. The van der Waals surface area contributed by atoms with Crippen LogP contribution < -0.4 is 5.32 Å². The van der Waals surface area contributed by atoms with E-state index < -0.39 is 11.7 Å². The lowest BCUT2D eigenvalue weighted by Crippen LogP contribution is -2.17. The summed E-state index contributed by atoms with van der Waals surface area (Å²) < 4.78 is 0. The Morgan fingerprint density at radius 3 is 1.89 bits per heavy atom. The minimum atomic E-state index is -0.634. The summed E-state index contributed by atoms with van der Waals surface area (Å²) in [5, 5.41) is 2.23. The number of allylic oxidation sites excluding steroid dienone is 1. The number of Topliss-reactive ketones (excluding diaryl/α,β-unsaturated/α-hetero) is 1. The summed E-state index contributed by atoms with van der Waals surface area (Å²) in [6.07, 6.45) is 0. The van der Waals surface area contributed by atoms with Crippen LogP contribution in [0.2, 0.25) is 0 Å². The van der Waals surface area contributed by atoms with E-state index in [4.69, 9.17) is 0 Å². The van der Waals surface area contributed by atoms with E-state index in [9.17, 15) is 9.59 Å². The summed E-state index contributed by atoms with van der Waals surface area (Å²) in [7, 11) is 0. The highest BCUT2D eigenvalue weighted by molar-refractivity contribution is 6.47. The van der Waals surface area contributed by atoms with Gasteiger partial charge in [0.1, 0.15) is 0 Å². The third-order valence-electron chi connectivity index (χ3n) is 1.11. The van der Waals surface area contributed by atoms with Gasteiger partial charge in [0.05, 0.1) is 0 Å². The van der Waals surface area contributed by atoms with E-state index >= 15 is 0 Å². The van der Waals surface area contributed by atoms with Gasteiger partial charge in [0.25, 0.3) is 11.7 Å². The third-order valence-corrected chi connectivity index (χ3v) is 1.11. The maximum Gasteiger partial charge on any atom is 0.296 e. The Morgan fingerprint density at radius 1 is 1.22 bits per heavy atom. The molecule has 46 valence electrons. The molecule has 0 aromatic carbocycles. The summed E-state index contributed by atoms with van der Waals surface area (Å²) in [6, 6.07) is 0. The quantitative estimate of drug-likeness (QED) is 0.357. The van der Waals surface area contributed by atoms with Crippen molar-refractivity contribution >= 4 is 11.7 Å². The van der Waals surface area contributed by atoms with Gasteiger partial charge in [-0.05, 0) is 0 Å². The Labute approximate surface area is 52.1 Å². The van der Waals surface area contributed by atoms with Crippen molar-refractivity contribution in [2.75, 3.05) is 0 Å². The van der Waals surface area contributed by atoms with Crippen LogP contribution in [0.1, 0.15) is 0 Å². The second-order valence-electron chi connectivity index (χ2n) is 1.74. The second kappa shape index (κ2) is 1.55. The highest BCUT2D eigenvalue weighted by Gasteiger charge is 2.27. The van der Waals surface area contributed by atoms with Crippen molar-refractivity contribution in [3.8, 4) is 0 Å². The fourth-order valence-corrected chi connectivity index (χ4v) is 0.543. The van der Waals surface area contributed by atoms with Gasteiger partial charge in [-0.1, -0.05) is 13.2 Å². The molecule has 0 aromatic rings. The SMILES string of the molecule is C=C1NC(=O)C(=O)C1=C. The molecule has 0 atom stereocenters. The molecule has 0 bridgehead atoms. The van der Waals surface area contributed by atoms with E-state index in [0.717, 1.165) is 0 Å². The van der Waals surface area contributed by atoms with Gasteiger partial charge in [-0.3, -0.25) is 9.59 Å². The highest BCUT2D eigenvalue weighted by atomic mass is 16.2. The first-order chi connectivity index (χ1) is 4.13. The molecule has 1 heterocycles. The highest BCUT2D eigenvalue weighted by Crippen LogP contribution is 2.09. The van der Waals surface area contributed by atoms with Crippen LogP contribution in [0, 0.1) is 0 Å². The van der Waals surface area contributed by atoms with E-state index in [1.807, 2.05) is 0 Å². The fraction of sp³-hybridized carbons (Fsp3) is 0. The first kappa shape index (κ1) is 5.75. The van der Waals surface area contributed by atoms with Gasteiger partial charge in [0.15, 0.2) is 0 Å². The molecule has 9 heavy (non-hydrogen) atoms. The topological polar surface area (TPSA) is 46.2 Å². The van der Waals surface area contributed by atoms with Crippen LogP contribution in [0.4, 0.5) is 0 Å². The van der Waals surface area contributed by atoms with E-state index in [2.05, 4.69) is 18.5 Å². The Balaban J connectivity index is 3.04. The minimum absolute atomic E-state index is 0.167. The van der Waals surface area contributed by atoms with Gasteiger partial charge in [-0.15, -0.1) is 0 Å². The first-order valence-corrected chi connectivity index (χ1v) is 2.37. The van der Waals surface area contributed by atoms with E-state index in [1.54, 1.807) is 0 Å². The number of ketones is 1. The Hall–Kier alpha value is -1.38. The first-order valence-electron chi connectivity index (χ1n) is 2.37. The summed E-state index contributed by atoms with van der Waals surface area (Å²) in [5.74, 6) is -1.22. The molecule has 0 radical (unpaired) electrons. The molecular formula is C6H5NO2. The van der Waals surface area contributed by atoms with Crippen LogP contribution in [0.15, 0.2) is 24.4 Å². The molecule has 1 saturated heterocycles. The van der Waals surface area contributed by atoms with Crippen molar-refractivity contribution in [1.82, 2.24) is 5.32 Å². The molecule has 1 aliphatic rings. The zero-order chi connectivity index (χ0) is 7.02. The molecule has 0 spiro atoms. The van der Waals surface area contributed by atoms with Crippen molar-refractivity contribution in [3.63, 3.8) is 0 Å². The summed E-state index contributed by atoms with van der Waals surface area (Å²) in [4.78, 5) is 21.0. The van der Waals surface area contributed by atoms with E-state index in [1.165, 1.54) is 0 Å². The van der Waals surface area contributed by atoms with Crippen LogP contribution in [-0.4, -0.2) is 11.7 Å². The third kappa shape index (κ3) is 0.661. The van der Waals surface area contributed by atoms with Crippen molar-refractivity contribution in [2.24, 2.45) is 0 Å². The van der Waals surface area contributed by atoms with Crippen molar-refractivity contribution < 1.29 is 9.59 Å². The maximum absolute atomic E-state index is 10.5. The van der Waals surface area contributed by atoms with Crippen LogP contribution in [0.3, 0.4) is 0 Å². The molecule has 0 unspecified atom stereocenters. The molecule has 3 nitrogen and oxygen atoms in total. The predicted molar refractivity (Wildman–Crippen MR) is 31.4 cm³/mol. The molecule has 1 fully saturated rings. The monoisotopic (exact) mass is 123 g/mol. The minimum Gasteiger partial charge on any atom is -0.319 e. The van der Waals surface area contributed by atoms with Gasteiger partial charge < -0.3 is 5.32 Å². The number of amides is 1. The predicted octanol–water partition coefficient (Wildman–Crippen LogP) is -0.245. The van der Waals surface area contributed by atoms with E-state index in [0.29, 0.717) is 5.70 Å². The lowest BCUT2D eigenvalue weighted by atomic mass is 10.2. The van der Waals surface area contributed by atoms with Crippen molar-refractivity contribution in [2.45, 2.75) is 0 Å². The van der Waals surface area contributed by atoms with Gasteiger partial charge in [0, 0.05) is 11.3 Å². The molecule has 1 rings (SSSR count). The second-order valence-corrected chi connectivity index (χ2v) is 1.74. The lowest BCUT2D eigenvalue weighted by Gasteiger charge is -1.86. The number of hydrogen-bond donors (Lipinski definition) is 1. The number of hydrogen-bond acceptors (Lipinski definition) is 2. The number of carbonyl (C=O) groups excluding carboxylic acids is 2. The van der Waals surface area contributed by atoms with Gasteiger partial charge in [-0.2, -0.15) is 0 Å². The van der Waals surface area contributed by atoms with Crippen LogP contribution in [-0.2, 0) is 9.59 Å². The van der Waals surface area contributed by atoms with E-state index in [-0.39, 0.29) is 5.57 Å². The molecule has 3 heteroatoms. The normalized spacial score (nSPS) is 18.7. The number of carbonyl (C=O) groups is 2. The number of nitrogens with one attached hydrogen (secondary N) is 1. The van der Waals surface area contributed by atoms with Crippen LogP contribution >= 0.6 is 0 Å². The maximum atomic E-state index is 10.5. The standard InChI is InChI=1S/C6H5NO2/c1-3-4(2)7-6(9)5(3)8/h1-2H2,(H,7,9). The Morgan fingerprint density at radius 2 is 1.78 bits per heavy atom. The van der Waals surface area contributed by atoms with Crippen LogP contribution in [0.5, 0.6) is 0 Å². The molecule has 1 amide bonds. The largest absolute Gasteiger partial charge is 0.319 e. The summed E-state index contributed by atoms with van der Waals surface area (Å²) in [5.41, 5.74) is 0.477. The van der Waals surface area contributed by atoms with Gasteiger partial charge in [-0.25, -0.2) is 0 Å². The Kier molecular flexibility index (Phi) is 0.990. The molecule has 1 N–H and O–H groups in total. The smallest absolute Gasteiger partial charge is 0.296 e. The zero-order valence-electron chi connectivity index (χ0n) is 4.73. The summed E-state index contributed by atoms with van der Waals surface area (Å²) >= 11 is 0. The fourth-order valence-electron chi connectivity index (χ4n) is 0.543. The van der Waals surface area contributed by atoms with Crippen LogP contribution in [0.25, 0.3) is 0 Å². The molecule has 0 aromatic heterocycles. The van der Waals surface area contributed by atoms with Gasteiger partial charge >= 0.3 is 0 Å².